The Bertz CT molecular complexity index is 334. The molecule has 1 fully saturated rings. The Morgan fingerprint density at radius 2 is 2.33 bits per heavy atom. The Morgan fingerprint density at radius 1 is 1.67 bits per heavy atom. The molecule has 3 heteroatoms. The fourth-order valence-electron chi connectivity index (χ4n) is 1.66. The number of rotatable bonds is 2. The molecule has 1 aliphatic rings. The molecule has 0 aromatic rings. The smallest absolute Gasteiger partial charge is 0.189 e. The molecule has 0 N–H and O–H groups in total. The van der Waals surface area contributed by atoms with Gasteiger partial charge in [0.05, 0.1) is 11.6 Å². The first-order chi connectivity index (χ1) is 7.01. The van der Waals surface area contributed by atoms with Crippen molar-refractivity contribution >= 4 is 0 Å². The van der Waals surface area contributed by atoms with E-state index in [1.165, 1.54) is 0 Å². The normalized spacial score (nSPS) is 22.7. The van der Waals surface area contributed by atoms with Gasteiger partial charge in [0.25, 0.3) is 0 Å². The van der Waals surface area contributed by atoms with Gasteiger partial charge in [0, 0.05) is 12.1 Å². The summed E-state index contributed by atoms with van der Waals surface area (Å²) < 4.78 is 5.60. The SMILES string of the molecule is CCN1/C(=C\C=C(/C)C#N)OCC1(C)C. The molecule has 15 heavy (non-hydrogen) atoms. The van der Waals surface area contributed by atoms with E-state index < -0.39 is 0 Å². The van der Waals surface area contributed by atoms with Crippen molar-refractivity contribution in [1.82, 2.24) is 4.90 Å². The lowest BCUT2D eigenvalue weighted by molar-refractivity contribution is 0.228. The second kappa shape index (κ2) is 4.39. The van der Waals surface area contributed by atoms with E-state index in [-0.39, 0.29) is 5.54 Å². The Morgan fingerprint density at radius 3 is 2.87 bits per heavy atom. The number of likely N-dealkylation sites (N-methyl/N-ethyl adjacent to an activating group) is 1. The molecule has 0 aromatic carbocycles. The van der Waals surface area contributed by atoms with Gasteiger partial charge < -0.3 is 9.64 Å². The predicted molar refractivity (Wildman–Crippen MR) is 59.9 cm³/mol. The first-order valence-corrected chi connectivity index (χ1v) is 5.20. The van der Waals surface area contributed by atoms with Crippen LogP contribution < -0.4 is 0 Å². The summed E-state index contributed by atoms with van der Waals surface area (Å²) in [6.45, 7) is 9.80. The number of hydrogen-bond acceptors (Lipinski definition) is 3. The third-order valence-electron chi connectivity index (χ3n) is 2.54. The van der Waals surface area contributed by atoms with Gasteiger partial charge in [-0.1, -0.05) is 0 Å². The topological polar surface area (TPSA) is 36.3 Å². The van der Waals surface area contributed by atoms with Crippen LogP contribution in [0.2, 0.25) is 0 Å². The van der Waals surface area contributed by atoms with Gasteiger partial charge in [-0.25, -0.2) is 0 Å². The molecule has 0 unspecified atom stereocenters. The Balaban J connectivity index is 2.86. The molecule has 0 atom stereocenters. The summed E-state index contributed by atoms with van der Waals surface area (Å²) in [5.41, 5.74) is 0.737. The zero-order chi connectivity index (χ0) is 11.5. The highest BCUT2D eigenvalue weighted by molar-refractivity contribution is 5.25. The van der Waals surface area contributed by atoms with E-state index in [1.54, 1.807) is 13.0 Å². The van der Waals surface area contributed by atoms with E-state index in [0.29, 0.717) is 12.2 Å². The minimum atomic E-state index is 0.0506. The fraction of sp³-hybridized carbons (Fsp3) is 0.583. The number of allylic oxidation sites excluding steroid dienone is 3. The minimum absolute atomic E-state index is 0.0506. The molecule has 0 bridgehead atoms. The maximum absolute atomic E-state index is 8.63. The quantitative estimate of drug-likeness (QED) is 0.651. The van der Waals surface area contributed by atoms with Crippen molar-refractivity contribution in [3.63, 3.8) is 0 Å². The summed E-state index contributed by atoms with van der Waals surface area (Å²) in [7, 11) is 0. The van der Waals surface area contributed by atoms with Crippen LogP contribution in [0.1, 0.15) is 27.7 Å². The summed E-state index contributed by atoms with van der Waals surface area (Å²) in [5, 5.41) is 8.63. The predicted octanol–water partition coefficient (Wildman–Crippen LogP) is 2.43. The van der Waals surface area contributed by atoms with Crippen molar-refractivity contribution in [3.05, 3.63) is 23.6 Å². The summed E-state index contributed by atoms with van der Waals surface area (Å²) >= 11 is 0. The van der Waals surface area contributed by atoms with E-state index >= 15 is 0 Å². The average molecular weight is 206 g/mol. The van der Waals surface area contributed by atoms with Crippen LogP contribution in [0.4, 0.5) is 0 Å². The third-order valence-corrected chi connectivity index (χ3v) is 2.54. The molecule has 1 aliphatic heterocycles. The van der Waals surface area contributed by atoms with Gasteiger partial charge in [0.2, 0.25) is 0 Å². The lowest BCUT2D eigenvalue weighted by Gasteiger charge is -2.28. The van der Waals surface area contributed by atoms with Gasteiger partial charge in [-0.3, -0.25) is 0 Å². The highest BCUT2D eigenvalue weighted by atomic mass is 16.5. The van der Waals surface area contributed by atoms with Crippen LogP contribution >= 0.6 is 0 Å². The lowest BCUT2D eigenvalue weighted by atomic mass is 10.1. The van der Waals surface area contributed by atoms with Gasteiger partial charge in [0.1, 0.15) is 6.61 Å². The Labute approximate surface area is 91.6 Å². The zero-order valence-corrected chi connectivity index (χ0v) is 9.87. The molecule has 0 radical (unpaired) electrons. The maximum atomic E-state index is 8.63. The molecule has 0 saturated carbocycles. The fourth-order valence-corrected chi connectivity index (χ4v) is 1.66. The summed E-state index contributed by atoms with van der Waals surface area (Å²) in [5.74, 6) is 0.858. The van der Waals surface area contributed by atoms with E-state index in [9.17, 15) is 0 Å². The van der Waals surface area contributed by atoms with Gasteiger partial charge in [-0.05, 0) is 39.8 Å². The van der Waals surface area contributed by atoms with Crippen molar-refractivity contribution in [2.24, 2.45) is 0 Å². The Kier molecular flexibility index (Phi) is 3.41. The molecule has 0 amide bonds. The van der Waals surface area contributed by atoms with Crippen LogP contribution in [-0.4, -0.2) is 23.6 Å². The molecule has 1 heterocycles. The first kappa shape index (κ1) is 11.6. The van der Waals surface area contributed by atoms with E-state index in [2.05, 4.69) is 31.7 Å². The van der Waals surface area contributed by atoms with Crippen molar-refractivity contribution in [3.8, 4) is 6.07 Å². The standard InChI is InChI=1S/C12H18N2O/c1-5-14-11(7-6-10(2)8-13)15-9-12(14,3)4/h6-7H,5,9H2,1-4H3/b10-6+,11-7+. The number of hydrogen-bond donors (Lipinski definition) is 0. The molecule has 3 nitrogen and oxygen atoms in total. The summed E-state index contributed by atoms with van der Waals surface area (Å²) in [4.78, 5) is 2.20. The Hall–Kier alpha value is -1.43. The lowest BCUT2D eigenvalue weighted by Crippen LogP contribution is -2.39. The molecular weight excluding hydrogens is 188 g/mol. The van der Waals surface area contributed by atoms with Crippen molar-refractivity contribution in [1.29, 1.82) is 5.26 Å². The van der Waals surface area contributed by atoms with Gasteiger partial charge in [-0.2, -0.15) is 5.26 Å². The van der Waals surface area contributed by atoms with Crippen LogP contribution in [0.5, 0.6) is 0 Å². The molecule has 1 saturated heterocycles. The minimum Gasteiger partial charge on any atom is -0.477 e. The molecule has 82 valence electrons. The van der Waals surface area contributed by atoms with Gasteiger partial charge in [0.15, 0.2) is 5.88 Å². The highest BCUT2D eigenvalue weighted by Gasteiger charge is 2.35. The molecule has 1 rings (SSSR count). The second-order valence-corrected chi connectivity index (χ2v) is 4.31. The molecule has 0 spiro atoms. The monoisotopic (exact) mass is 206 g/mol. The molecular formula is C12H18N2O. The third kappa shape index (κ3) is 2.53. The van der Waals surface area contributed by atoms with E-state index in [4.69, 9.17) is 10.00 Å². The largest absolute Gasteiger partial charge is 0.477 e. The molecule has 0 aromatic heterocycles. The number of ether oxygens (including phenoxy) is 1. The summed E-state index contributed by atoms with van der Waals surface area (Å²) in [6.07, 6.45) is 3.66. The van der Waals surface area contributed by atoms with Gasteiger partial charge in [-0.15, -0.1) is 0 Å². The van der Waals surface area contributed by atoms with Crippen molar-refractivity contribution in [2.75, 3.05) is 13.2 Å². The van der Waals surface area contributed by atoms with Gasteiger partial charge >= 0.3 is 0 Å². The molecule has 0 aliphatic carbocycles. The van der Waals surface area contributed by atoms with Crippen molar-refractivity contribution < 1.29 is 4.74 Å². The first-order valence-electron chi connectivity index (χ1n) is 5.20. The average Bonchev–Trinajstić information content (AvgIpc) is 2.49. The zero-order valence-electron chi connectivity index (χ0n) is 9.87. The number of nitriles is 1. The highest BCUT2D eigenvalue weighted by Crippen LogP contribution is 2.28. The van der Waals surface area contributed by atoms with Crippen LogP contribution in [0.3, 0.4) is 0 Å². The second-order valence-electron chi connectivity index (χ2n) is 4.31. The van der Waals surface area contributed by atoms with Crippen LogP contribution in [0.25, 0.3) is 0 Å². The maximum Gasteiger partial charge on any atom is 0.189 e. The van der Waals surface area contributed by atoms with E-state index in [1.807, 2.05) is 6.08 Å². The number of nitrogens with zero attached hydrogens (tertiary/aromatic N) is 2. The van der Waals surface area contributed by atoms with Crippen molar-refractivity contribution in [2.45, 2.75) is 33.2 Å². The van der Waals surface area contributed by atoms with Crippen LogP contribution in [-0.2, 0) is 4.74 Å². The summed E-state index contributed by atoms with van der Waals surface area (Å²) in [6, 6.07) is 2.08. The van der Waals surface area contributed by atoms with Crippen LogP contribution in [0.15, 0.2) is 23.6 Å². The van der Waals surface area contributed by atoms with E-state index in [0.717, 1.165) is 12.4 Å². The van der Waals surface area contributed by atoms with Crippen LogP contribution in [0, 0.1) is 11.3 Å².